The SMILES string of the molecule is CCC(C)n1ncn(-c2ccc(N3CCN(c4ccc(OC[C@@H]5CO[C@@](Cn6cnnn6)(c6ccc(Cl)cc6Cl)O5)cc4)CC3)cc2)c1=O. The fourth-order valence-corrected chi connectivity index (χ4v) is 6.73. The summed E-state index contributed by atoms with van der Waals surface area (Å²) in [6, 6.07) is 21.5. The van der Waals surface area contributed by atoms with E-state index in [0.717, 1.165) is 55.4 Å². The van der Waals surface area contributed by atoms with E-state index in [9.17, 15) is 4.79 Å². The molecule has 5 aromatic rings. The van der Waals surface area contributed by atoms with Gasteiger partial charge in [-0.15, -0.1) is 5.10 Å². The Hall–Kier alpha value is -4.43. The molecule has 3 aromatic carbocycles. The van der Waals surface area contributed by atoms with Gasteiger partial charge in [0.05, 0.1) is 23.4 Å². The first-order chi connectivity index (χ1) is 23.8. The molecule has 2 saturated heterocycles. The first kappa shape index (κ1) is 33.1. The summed E-state index contributed by atoms with van der Waals surface area (Å²) in [6.45, 7) is 8.36. The highest BCUT2D eigenvalue weighted by Gasteiger charge is 2.45. The van der Waals surface area contributed by atoms with Crippen LogP contribution in [0.3, 0.4) is 0 Å². The molecular weight excluding hydrogens is 669 g/mol. The van der Waals surface area contributed by atoms with E-state index in [1.165, 1.54) is 15.7 Å². The Bertz CT molecular complexity index is 1910. The van der Waals surface area contributed by atoms with Gasteiger partial charge in [-0.05, 0) is 84.4 Å². The molecule has 13 nitrogen and oxygen atoms in total. The summed E-state index contributed by atoms with van der Waals surface area (Å²) < 4.78 is 23.5. The zero-order valence-electron chi connectivity index (χ0n) is 27.2. The third-order valence-electron chi connectivity index (χ3n) is 9.07. The predicted octanol–water partition coefficient (Wildman–Crippen LogP) is 4.97. The van der Waals surface area contributed by atoms with Gasteiger partial charge in [0.25, 0.3) is 0 Å². The minimum absolute atomic E-state index is 0.0629. The van der Waals surface area contributed by atoms with Gasteiger partial charge in [0.2, 0.25) is 5.79 Å². The van der Waals surface area contributed by atoms with Crippen LogP contribution in [0.15, 0.2) is 84.2 Å². The van der Waals surface area contributed by atoms with Crippen molar-refractivity contribution in [2.45, 2.75) is 44.7 Å². The van der Waals surface area contributed by atoms with E-state index in [0.29, 0.717) is 22.2 Å². The highest BCUT2D eigenvalue weighted by Crippen LogP contribution is 2.40. The van der Waals surface area contributed by atoms with Crippen molar-refractivity contribution >= 4 is 34.6 Å². The second-order valence-electron chi connectivity index (χ2n) is 12.2. The zero-order chi connectivity index (χ0) is 34.0. The fourth-order valence-electron chi connectivity index (χ4n) is 6.18. The lowest BCUT2D eigenvalue weighted by Gasteiger charge is -2.37. The number of hydrogen-bond acceptors (Lipinski definition) is 10. The van der Waals surface area contributed by atoms with Crippen LogP contribution in [-0.4, -0.2) is 80.1 Å². The molecule has 0 N–H and O–H groups in total. The smallest absolute Gasteiger partial charge is 0.350 e. The van der Waals surface area contributed by atoms with Crippen LogP contribution in [0.1, 0.15) is 31.9 Å². The van der Waals surface area contributed by atoms with Crippen molar-refractivity contribution in [3.63, 3.8) is 0 Å². The zero-order valence-corrected chi connectivity index (χ0v) is 28.7. The number of tetrazole rings is 1. The lowest BCUT2D eigenvalue weighted by molar-refractivity contribution is -0.190. The third-order valence-corrected chi connectivity index (χ3v) is 9.62. The number of benzene rings is 3. The summed E-state index contributed by atoms with van der Waals surface area (Å²) in [5.41, 5.74) is 3.60. The van der Waals surface area contributed by atoms with Crippen molar-refractivity contribution in [1.82, 2.24) is 34.6 Å². The highest BCUT2D eigenvalue weighted by atomic mass is 35.5. The van der Waals surface area contributed by atoms with Crippen molar-refractivity contribution in [2.75, 3.05) is 49.2 Å². The Balaban J connectivity index is 0.925. The second-order valence-corrected chi connectivity index (χ2v) is 13.1. The number of anilines is 2. The van der Waals surface area contributed by atoms with Crippen LogP contribution in [0.5, 0.6) is 5.75 Å². The van der Waals surface area contributed by atoms with Gasteiger partial charge in [-0.2, -0.15) is 5.10 Å². The van der Waals surface area contributed by atoms with E-state index in [-0.39, 0.29) is 31.0 Å². The average molecular weight is 707 g/mol. The minimum atomic E-state index is -1.20. The molecule has 15 heteroatoms. The molecule has 4 heterocycles. The number of hydrogen-bond donors (Lipinski definition) is 0. The van der Waals surface area contributed by atoms with Crippen molar-refractivity contribution < 1.29 is 14.2 Å². The number of nitrogens with zero attached hydrogens (tertiary/aromatic N) is 9. The van der Waals surface area contributed by atoms with Crippen LogP contribution in [0, 0.1) is 0 Å². The summed E-state index contributed by atoms with van der Waals surface area (Å²) in [5.74, 6) is -0.460. The van der Waals surface area contributed by atoms with Crippen LogP contribution >= 0.6 is 23.2 Å². The Morgan fingerprint density at radius 1 is 0.939 bits per heavy atom. The van der Waals surface area contributed by atoms with Crippen molar-refractivity contribution in [3.05, 3.63) is 105 Å². The second kappa shape index (κ2) is 14.2. The Labute approximate surface area is 293 Å². The largest absolute Gasteiger partial charge is 0.491 e. The van der Waals surface area contributed by atoms with Crippen molar-refractivity contribution in [2.24, 2.45) is 0 Å². The first-order valence-electron chi connectivity index (χ1n) is 16.3. The Morgan fingerprint density at radius 2 is 1.61 bits per heavy atom. The summed E-state index contributed by atoms with van der Waals surface area (Å²) in [6.07, 6.45) is 3.59. The maximum Gasteiger partial charge on any atom is 0.350 e. The summed E-state index contributed by atoms with van der Waals surface area (Å²) in [4.78, 5) is 17.5. The molecule has 7 rings (SSSR count). The maximum absolute atomic E-state index is 12.8. The first-order valence-corrected chi connectivity index (χ1v) is 17.0. The van der Waals surface area contributed by atoms with Crippen LogP contribution in [0.4, 0.5) is 11.4 Å². The number of piperazine rings is 1. The van der Waals surface area contributed by atoms with Crippen LogP contribution in [0.25, 0.3) is 5.69 Å². The van der Waals surface area contributed by atoms with E-state index in [2.05, 4.69) is 54.7 Å². The van der Waals surface area contributed by atoms with E-state index < -0.39 is 5.79 Å². The Kier molecular flexibility index (Phi) is 9.59. The number of halogens is 2. The topological polar surface area (TPSA) is 118 Å². The molecule has 0 spiro atoms. The molecule has 2 aliphatic rings. The molecule has 1 unspecified atom stereocenters. The lowest BCUT2D eigenvalue weighted by Crippen LogP contribution is -2.46. The van der Waals surface area contributed by atoms with Crippen LogP contribution in [-0.2, 0) is 21.8 Å². The maximum atomic E-state index is 12.8. The molecule has 0 radical (unpaired) electrons. The number of ether oxygens (including phenoxy) is 3. The molecule has 0 bridgehead atoms. The molecule has 2 aromatic heterocycles. The molecule has 0 amide bonds. The minimum Gasteiger partial charge on any atom is -0.491 e. The normalized spacial score (nSPS) is 20.1. The van der Waals surface area contributed by atoms with E-state index in [1.54, 1.807) is 29.1 Å². The van der Waals surface area contributed by atoms with E-state index in [4.69, 9.17) is 37.4 Å². The molecule has 2 aliphatic heterocycles. The third kappa shape index (κ3) is 7.02. The molecule has 3 atom stereocenters. The van der Waals surface area contributed by atoms with Crippen LogP contribution in [0.2, 0.25) is 10.0 Å². The Morgan fingerprint density at radius 3 is 2.24 bits per heavy atom. The predicted molar refractivity (Wildman–Crippen MR) is 186 cm³/mol. The van der Waals surface area contributed by atoms with Gasteiger partial charge in [-0.25, -0.2) is 18.7 Å². The molecular formula is C34H37Cl2N9O4. The average Bonchev–Trinajstić information content (AvgIpc) is 3.88. The number of aromatic nitrogens is 7. The van der Waals surface area contributed by atoms with Gasteiger partial charge in [-0.3, -0.25) is 0 Å². The van der Waals surface area contributed by atoms with E-state index >= 15 is 0 Å². The summed E-state index contributed by atoms with van der Waals surface area (Å²) in [7, 11) is 0. The standard InChI is InChI=1S/C34H37Cl2N9O4/c1-3-24(2)45-33(46)44(23-38-45)28-7-5-26(6-8-28)41-14-16-42(17-15-41)27-9-11-29(12-10-27)47-19-30-20-48-34(49-30,21-43-22-37-39-40-43)31-13-4-25(35)18-32(31)36/h4-13,18,22-24,30H,3,14-17,19-21H2,1-2H3/t24?,30-,34-/m1/s1. The van der Waals surface area contributed by atoms with Crippen molar-refractivity contribution in [3.8, 4) is 11.4 Å². The number of rotatable bonds is 11. The lowest BCUT2D eigenvalue weighted by atomic mass is 10.1. The fraction of sp³-hybridized carbons (Fsp3) is 0.382. The van der Waals surface area contributed by atoms with Gasteiger partial charge in [0.15, 0.2) is 0 Å². The van der Waals surface area contributed by atoms with Gasteiger partial charge in [0.1, 0.15) is 37.7 Å². The monoisotopic (exact) mass is 705 g/mol. The molecule has 0 aliphatic carbocycles. The molecule has 49 heavy (non-hydrogen) atoms. The van der Waals surface area contributed by atoms with E-state index in [1.807, 2.05) is 38.1 Å². The van der Waals surface area contributed by atoms with Crippen LogP contribution < -0.4 is 20.2 Å². The summed E-state index contributed by atoms with van der Waals surface area (Å²) in [5, 5.41) is 16.7. The van der Waals surface area contributed by atoms with Crippen molar-refractivity contribution in [1.29, 1.82) is 0 Å². The van der Waals surface area contributed by atoms with Gasteiger partial charge < -0.3 is 24.0 Å². The van der Waals surface area contributed by atoms with Gasteiger partial charge in [-0.1, -0.05) is 36.2 Å². The molecule has 256 valence electrons. The van der Waals surface area contributed by atoms with Gasteiger partial charge in [0, 0.05) is 48.1 Å². The molecule has 0 saturated carbocycles. The highest BCUT2D eigenvalue weighted by molar-refractivity contribution is 6.35. The summed E-state index contributed by atoms with van der Waals surface area (Å²) >= 11 is 12.7. The quantitative estimate of drug-likeness (QED) is 0.186. The van der Waals surface area contributed by atoms with Gasteiger partial charge >= 0.3 is 5.69 Å². The molecule has 2 fully saturated rings.